The molecule has 2 nitrogen and oxygen atoms in total. The molecule has 0 aliphatic rings. The lowest BCUT2D eigenvalue weighted by atomic mass is 10.4. The molecule has 0 radical (unpaired) electrons. The van der Waals surface area contributed by atoms with E-state index in [-0.39, 0.29) is 0 Å². The highest BCUT2D eigenvalue weighted by atomic mass is 127. The van der Waals surface area contributed by atoms with Crippen LogP contribution in [0, 0.1) is 0 Å². The first kappa shape index (κ1) is 6.80. The van der Waals surface area contributed by atoms with E-state index in [9.17, 15) is 0 Å². The third-order valence-corrected chi connectivity index (χ3v) is 1.72. The van der Waals surface area contributed by atoms with Crippen molar-refractivity contribution in [3.63, 3.8) is 0 Å². The van der Waals surface area contributed by atoms with Gasteiger partial charge in [0, 0.05) is 24.9 Å². The van der Waals surface area contributed by atoms with Crippen LogP contribution in [-0.2, 0) is 0 Å². The van der Waals surface area contributed by atoms with Gasteiger partial charge in [-0.1, -0.05) is 0 Å². The molecule has 0 unspecified atom stereocenters. The molecule has 1 aromatic rings. The summed E-state index contributed by atoms with van der Waals surface area (Å²) in [5, 5.41) is 3.04. The van der Waals surface area contributed by atoms with E-state index in [4.69, 9.17) is 0 Å². The fraction of sp³-hybridized carbons (Fsp3) is 0.167. The van der Waals surface area contributed by atoms with Gasteiger partial charge in [0.15, 0.2) is 12.4 Å². The highest BCUT2D eigenvalue weighted by Gasteiger charge is 1.91. The largest absolute Gasteiger partial charge is 0.388 e. The Morgan fingerprint density at radius 1 is 1.44 bits per heavy atom. The minimum atomic E-state index is 1.14. The Kier molecular flexibility index (Phi) is 2.27. The zero-order chi connectivity index (χ0) is 6.69. The smallest absolute Gasteiger partial charge is 0.353 e. The number of nitrogens with one attached hydrogen (secondary N) is 1. The molecule has 0 fully saturated rings. The zero-order valence-corrected chi connectivity index (χ0v) is 7.29. The van der Waals surface area contributed by atoms with Crippen molar-refractivity contribution < 1.29 is 2.78 Å². The minimum Gasteiger partial charge on any atom is -0.388 e. The molecule has 0 aliphatic heterocycles. The Morgan fingerprint density at radius 3 is 2.44 bits per heavy atom. The van der Waals surface area contributed by atoms with Crippen LogP contribution in [0.2, 0.25) is 0 Å². The first-order valence-electron chi connectivity index (χ1n) is 2.68. The normalized spacial score (nSPS) is 9.11. The molecule has 0 bridgehead atoms. The Labute approximate surface area is 68.4 Å². The molecule has 1 rings (SSSR count). The summed E-state index contributed by atoms with van der Waals surface area (Å²) in [5.41, 5.74) is 1.14. The van der Waals surface area contributed by atoms with Crippen molar-refractivity contribution in [1.82, 2.24) is 0 Å². The standard InChI is InChI=1S/C6H7IN2/c1-8-6-2-4-9(7)5-3-6/h2-5H,1H3/p+1. The Bertz CT molecular complexity index is 183. The molecule has 3 heteroatoms. The zero-order valence-electron chi connectivity index (χ0n) is 5.13. The van der Waals surface area contributed by atoms with Crippen molar-refractivity contribution in [1.29, 1.82) is 0 Å². The van der Waals surface area contributed by atoms with Crippen molar-refractivity contribution >= 4 is 28.6 Å². The summed E-state index contributed by atoms with van der Waals surface area (Å²) in [6, 6.07) is 4.04. The van der Waals surface area contributed by atoms with Crippen LogP contribution in [0.15, 0.2) is 24.5 Å². The molecule has 0 aliphatic carbocycles. The molecule has 48 valence electrons. The van der Waals surface area contributed by atoms with Crippen molar-refractivity contribution in [2.45, 2.75) is 0 Å². The second-order valence-electron chi connectivity index (χ2n) is 1.68. The van der Waals surface area contributed by atoms with E-state index in [0.717, 1.165) is 5.69 Å². The third kappa shape index (κ3) is 1.82. The molecule has 0 atom stereocenters. The lowest BCUT2D eigenvalue weighted by Gasteiger charge is -1.92. The molecule has 0 saturated carbocycles. The van der Waals surface area contributed by atoms with Crippen LogP contribution in [0.25, 0.3) is 0 Å². The number of rotatable bonds is 1. The van der Waals surface area contributed by atoms with E-state index in [2.05, 4.69) is 28.2 Å². The number of halogens is 1. The van der Waals surface area contributed by atoms with Gasteiger partial charge < -0.3 is 5.32 Å². The van der Waals surface area contributed by atoms with Gasteiger partial charge in [-0.2, -0.15) is 0 Å². The summed E-state index contributed by atoms with van der Waals surface area (Å²) in [7, 11) is 1.91. The highest BCUT2D eigenvalue weighted by molar-refractivity contribution is 14.1. The Hall–Kier alpha value is -0.320. The summed E-state index contributed by atoms with van der Waals surface area (Å²) in [4.78, 5) is 0. The van der Waals surface area contributed by atoms with Gasteiger partial charge in [0.2, 0.25) is 0 Å². The van der Waals surface area contributed by atoms with Gasteiger partial charge in [0.1, 0.15) is 0 Å². The number of nitrogens with zero attached hydrogens (tertiary/aromatic N) is 1. The maximum absolute atomic E-state index is 3.04. The predicted molar refractivity (Wildman–Crippen MR) is 45.6 cm³/mol. The molecular weight excluding hydrogens is 227 g/mol. The quantitative estimate of drug-likeness (QED) is 0.723. The van der Waals surface area contributed by atoms with Crippen LogP contribution in [0.4, 0.5) is 5.69 Å². The average Bonchev–Trinajstić information content (AvgIpc) is 1.90. The minimum absolute atomic E-state index is 1.14. The fourth-order valence-electron chi connectivity index (χ4n) is 0.575. The first-order chi connectivity index (χ1) is 4.33. The summed E-state index contributed by atoms with van der Waals surface area (Å²) < 4.78 is 1.97. The van der Waals surface area contributed by atoms with Gasteiger partial charge in [-0.05, 0) is 0 Å². The number of hydrogen-bond donors (Lipinski definition) is 1. The summed E-state index contributed by atoms with van der Waals surface area (Å²) >= 11 is 2.20. The lowest BCUT2D eigenvalue weighted by molar-refractivity contribution is -0.439. The van der Waals surface area contributed by atoms with Crippen LogP contribution < -0.4 is 8.10 Å². The molecule has 0 spiro atoms. The van der Waals surface area contributed by atoms with Gasteiger partial charge in [-0.15, -0.1) is 2.78 Å². The molecule has 0 saturated heterocycles. The SMILES string of the molecule is CNc1cc[n+](I)cc1. The van der Waals surface area contributed by atoms with Crippen LogP contribution in [0.5, 0.6) is 0 Å². The molecule has 0 aromatic carbocycles. The second kappa shape index (κ2) is 3.00. The van der Waals surface area contributed by atoms with Gasteiger partial charge >= 0.3 is 22.9 Å². The number of anilines is 1. The van der Waals surface area contributed by atoms with Gasteiger partial charge in [0.25, 0.3) is 0 Å². The van der Waals surface area contributed by atoms with E-state index < -0.39 is 0 Å². The van der Waals surface area contributed by atoms with E-state index in [1.54, 1.807) is 0 Å². The molecule has 1 heterocycles. The maximum atomic E-state index is 3.04. The van der Waals surface area contributed by atoms with Crippen molar-refractivity contribution in [3.05, 3.63) is 24.5 Å². The van der Waals surface area contributed by atoms with E-state index in [1.807, 2.05) is 34.4 Å². The molecule has 1 N–H and O–H groups in total. The van der Waals surface area contributed by atoms with E-state index in [0.29, 0.717) is 0 Å². The Balaban J connectivity index is 2.88. The van der Waals surface area contributed by atoms with E-state index >= 15 is 0 Å². The molecular formula is C6H8IN2+. The summed E-state index contributed by atoms with van der Waals surface area (Å²) in [6.45, 7) is 0. The summed E-state index contributed by atoms with van der Waals surface area (Å²) in [6.07, 6.45) is 3.98. The lowest BCUT2D eigenvalue weighted by Crippen LogP contribution is -2.16. The van der Waals surface area contributed by atoms with Crippen LogP contribution >= 0.6 is 22.9 Å². The van der Waals surface area contributed by atoms with Crippen LogP contribution in [0.3, 0.4) is 0 Å². The average molecular weight is 235 g/mol. The van der Waals surface area contributed by atoms with Crippen LogP contribution in [-0.4, -0.2) is 7.05 Å². The topological polar surface area (TPSA) is 15.9 Å². The van der Waals surface area contributed by atoms with Crippen molar-refractivity contribution in [3.8, 4) is 0 Å². The number of aromatic nitrogens is 1. The van der Waals surface area contributed by atoms with Gasteiger partial charge in [-0.3, -0.25) is 0 Å². The van der Waals surface area contributed by atoms with Crippen molar-refractivity contribution in [2.75, 3.05) is 12.4 Å². The first-order valence-corrected chi connectivity index (χ1v) is 3.64. The molecule has 9 heavy (non-hydrogen) atoms. The van der Waals surface area contributed by atoms with Crippen molar-refractivity contribution in [2.24, 2.45) is 0 Å². The van der Waals surface area contributed by atoms with E-state index in [1.165, 1.54) is 0 Å². The fourth-order valence-corrected chi connectivity index (χ4v) is 0.897. The number of pyridine rings is 1. The summed E-state index contributed by atoms with van der Waals surface area (Å²) in [5.74, 6) is 0. The van der Waals surface area contributed by atoms with Gasteiger partial charge in [0.05, 0.1) is 0 Å². The Morgan fingerprint density at radius 2 is 2.00 bits per heavy atom. The maximum Gasteiger partial charge on any atom is 0.353 e. The second-order valence-corrected chi connectivity index (χ2v) is 2.80. The monoisotopic (exact) mass is 235 g/mol. The molecule has 1 aromatic heterocycles. The highest BCUT2D eigenvalue weighted by Crippen LogP contribution is 1.99. The van der Waals surface area contributed by atoms with Gasteiger partial charge in [-0.25, -0.2) is 0 Å². The predicted octanol–water partition coefficient (Wildman–Crippen LogP) is 1.21. The molecule has 0 amide bonds. The number of hydrogen-bond acceptors (Lipinski definition) is 1. The third-order valence-electron chi connectivity index (χ3n) is 1.08. The van der Waals surface area contributed by atoms with Crippen LogP contribution in [0.1, 0.15) is 0 Å².